The maximum atomic E-state index is 12.2. The molecule has 1 aromatic carbocycles. The highest BCUT2D eigenvalue weighted by atomic mass is 79.9. The van der Waals surface area contributed by atoms with Crippen LogP contribution in [-0.4, -0.2) is 26.6 Å². The van der Waals surface area contributed by atoms with Crippen molar-refractivity contribution in [2.24, 2.45) is 5.92 Å². The number of anilines is 1. The fourth-order valence-electron chi connectivity index (χ4n) is 1.58. The predicted molar refractivity (Wildman–Crippen MR) is 83.1 cm³/mol. The van der Waals surface area contributed by atoms with Gasteiger partial charge in [-0.25, -0.2) is 8.42 Å². The van der Waals surface area contributed by atoms with Gasteiger partial charge >= 0.3 is 0 Å². The zero-order chi connectivity index (χ0) is 15.3. The second-order valence-corrected chi connectivity index (χ2v) is 7.85. The smallest absolute Gasteiger partial charge is 0.235 e. The molecule has 1 aromatic rings. The zero-order valence-electron chi connectivity index (χ0n) is 11.5. The molecule has 5 nitrogen and oxygen atoms in total. The molecule has 0 radical (unpaired) electrons. The molecule has 0 aromatic heterocycles. The van der Waals surface area contributed by atoms with Gasteiger partial charge in [-0.2, -0.15) is 0 Å². The Hall–Kier alpha value is -1.08. The summed E-state index contributed by atoms with van der Waals surface area (Å²) in [6, 6.07) is 4.55. The monoisotopic (exact) mass is 362 g/mol. The number of sulfone groups is 1. The first-order chi connectivity index (χ1) is 9.22. The Balaban J connectivity index is 2.75. The quantitative estimate of drug-likeness (QED) is 0.757. The first-order valence-corrected chi connectivity index (χ1v) is 8.71. The average molecular weight is 363 g/mol. The van der Waals surface area contributed by atoms with Crippen LogP contribution in [0.5, 0.6) is 0 Å². The van der Waals surface area contributed by atoms with Gasteiger partial charge in [-0.3, -0.25) is 4.79 Å². The van der Waals surface area contributed by atoms with Gasteiger partial charge in [-0.05, 0) is 30.5 Å². The van der Waals surface area contributed by atoms with Crippen molar-refractivity contribution in [2.75, 3.05) is 18.0 Å². The van der Waals surface area contributed by atoms with Crippen LogP contribution in [0, 0.1) is 5.92 Å². The first kappa shape index (κ1) is 17.0. The highest BCUT2D eigenvalue weighted by molar-refractivity contribution is 9.10. The fraction of sp³-hybridized carbons (Fsp3) is 0.462. The Morgan fingerprint density at radius 1 is 1.40 bits per heavy atom. The van der Waals surface area contributed by atoms with E-state index in [2.05, 4.69) is 21.2 Å². The van der Waals surface area contributed by atoms with Crippen LogP contribution in [0.3, 0.4) is 0 Å². The number of carbonyl (C=O) groups is 1. The molecule has 0 atom stereocenters. The van der Waals surface area contributed by atoms with E-state index in [1.165, 1.54) is 12.1 Å². The van der Waals surface area contributed by atoms with Crippen molar-refractivity contribution in [3.8, 4) is 0 Å². The Morgan fingerprint density at radius 2 is 2.05 bits per heavy atom. The molecular weight excluding hydrogens is 344 g/mol. The van der Waals surface area contributed by atoms with Crippen LogP contribution in [0.15, 0.2) is 27.6 Å². The van der Waals surface area contributed by atoms with E-state index in [9.17, 15) is 13.2 Å². The number of amides is 1. The molecule has 0 bridgehead atoms. The summed E-state index contributed by atoms with van der Waals surface area (Å²) in [7, 11) is -3.73. The number of rotatable bonds is 6. The van der Waals surface area contributed by atoms with Crippen LogP contribution >= 0.6 is 15.9 Å². The summed E-state index contributed by atoms with van der Waals surface area (Å²) in [6.45, 7) is 4.54. The summed E-state index contributed by atoms with van der Waals surface area (Å²) < 4.78 is 24.9. The lowest BCUT2D eigenvalue weighted by atomic mass is 10.1. The molecule has 0 heterocycles. The minimum absolute atomic E-state index is 0.0223. The number of nitrogens with two attached hydrogens (primary N) is 1. The topological polar surface area (TPSA) is 89.3 Å². The number of carbonyl (C=O) groups excluding carboxylic acids is 1. The van der Waals surface area contributed by atoms with Gasteiger partial charge in [0.25, 0.3) is 0 Å². The van der Waals surface area contributed by atoms with Gasteiger partial charge < -0.3 is 11.1 Å². The number of hydrogen-bond donors (Lipinski definition) is 2. The van der Waals surface area contributed by atoms with E-state index in [-0.39, 0.29) is 10.6 Å². The Labute approximate surface area is 128 Å². The van der Waals surface area contributed by atoms with E-state index >= 15 is 0 Å². The molecule has 1 rings (SSSR count). The van der Waals surface area contributed by atoms with Gasteiger partial charge in [0.2, 0.25) is 5.91 Å². The summed E-state index contributed by atoms with van der Waals surface area (Å²) in [4.78, 5) is 11.6. The third-order valence-corrected chi connectivity index (χ3v) is 4.83. The zero-order valence-corrected chi connectivity index (χ0v) is 13.9. The molecule has 0 aliphatic rings. The molecule has 0 fully saturated rings. The number of hydrogen-bond acceptors (Lipinski definition) is 4. The molecule has 0 saturated heterocycles. The maximum absolute atomic E-state index is 12.2. The van der Waals surface area contributed by atoms with E-state index in [1.54, 1.807) is 6.07 Å². The van der Waals surface area contributed by atoms with Crippen molar-refractivity contribution < 1.29 is 13.2 Å². The van der Waals surface area contributed by atoms with Crippen molar-refractivity contribution in [3.63, 3.8) is 0 Å². The Morgan fingerprint density at radius 3 is 2.65 bits per heavy atom. The van der Waals surface area contributed by atoms with Gasteiger partial charge in [0.15, 0.2) is 9.84 Å². The maximum Gasteiger partial charge on any atom is 0.235 e. The molecule has 1 amide bonds. The van der Waals surface area contributed by atoms with Crippen LogP contribution in [-0.2, 0) is 14.6 Å². The summed E-state index contributed by atoms with van der Waals surface area (Å²) in [5, 5.41) is 2.60. The van der Waals surface area contributed by atoms with E-state index in [0.717, 1.165) is 6.42 Å². The molecule has 112 valence electrons. The number of nitrogens with one attached hydrogen (secondary N) is 1. The lowest BCUT2D eigenvalue weighted by Gasteiger charge is -2.09. The molecular formula is C13H19BrN2O3S. The molecule has 0 aliphatic carbocycles. The standard InChI is InChI=1S/C13H19BrN2O3S/c1-9(2)5-6-16-13(17)8-20(18,19)12-7-10(14)3-4-11(12)15/h3-4,7,9H,5-6,8,15H2,1-2H3,(H,16,17). The number of benzene rings is 1. The third kappa shape index (κ3) is 5.13. The van der Waals surface area contributed by atoms with Crippen molar-refractivity contribution in [1.29, 1.82) is 0 Å². The molecule has 0 unspecified atom stereocenters. The van der Waals surface area contributed by atoms with Gasteiger partial charge in [0, 0.05) is 11.0 Å². The largest absolute Gasteiger partial charge is 0.398 e. The lowest BCUT2D eigenvalue weighted by Crippen LogP contribution is -2.31. The third-order valence-electron chi connectivity index (χ3n) is 2.68. The highest BCUT2D eigenvalue weighted by Gasteiger charge is 2.22. The van der Waals surface area contributed by atoms with Crippen LogP contribution < -0.4 is 11.1 Å². The minimum Gasteiger partial charge on any atom is -0.398 e. The molecule has 3 N–H and O–H groups in total. The fourth-order valence-corrected chi connectivity index (χ4v) is 3.43. The van der Waals surface area contributed by atoms with E-state index in [0.29, 0.717) is 16.9 Å². The van der Waals surface area contributed by atoms with Gasteiger partial charge in [0.1, 0.15) is 5.75 Å². The van der Waals surface area contributed by atoms with Gasteiger partial charge in [-0.1, -0.05) is 29.8 Å². The average Bonchev–Trinajstić information content (AvgIpc) is 2.31. The van der Waals surface area contributed by atoms with Crippen molar-refractivity contribution in [3.05, 3.63) is 22.7 Å². The van der Waals surface area contributed by atoms with E-state index in [4.69, 9.17) is 5.73 Å². The van der Waals surface area contributed by atoms with Gasteiger partial charge in [-0.15, -0.1) is 0 Å². The summed E-state index contributed by atoms with van der Waals surface area (Å²) in [5.74, 6) is -0.649. The number of halogens is 1. The molecule has 0 aliphatic heterocycles. The second-order valence-electron chi connectivity index (χ2n) is 4.97. The van der Waals surface area contributed by atoms with Gasteiger partial charge in [0.05, 0.1) is 10.6 Å². The van der Waals surface area contributed by atoms with Crippen molar-refractivity contribution in [2.45, 2.75) is 25.2 Å². The van der Waals surface area contributed by atoms with Crippen LogP contribution in [0.25, 0.3) is 0 Å². The Bertz CT molecular complexity index is 585. The highest BCUT2D eigenvalue weighted by Crippen LogP contribution is 2.23. The van der Waals surface area contributed by atoms with E-state index in [1.807, 2.05) is 13.8 Å². The van der Waals surface area contributed by atoms with Crippen molar-refractivity contribution >= 4 is 37.4 Å². The number of nitrogen functional groups attached to an aromatic ring is 1. The normalized spacial score (nSPS) is 11.6. The lowest BCUT2D eigenvalue weighted by molar-refractivity contribution is -0.118. The minimum atomic E-state index is -3.73. The Kier molecular flexibility index (Phi) is 6.01. The van der Waals surface area contributed by atoms with Crippen LogP contribution in [0.4, 0.5) is 5.69 Å². The predicted octanol–water partition coefficient (Wildman–Crippen LogP) is 1.97. The summed E-state index contributed by atoms with van der Waals surface area (Å²) in [5.41, 5.74) is 5.80. The molecule has 0 spiro atoms. The SMILES string of the molecule is CC(C)CCNC(=O)CS(=O)(=O)c1cc(Br)ccc1N. The van der Waals surface area contributed by atoms with E-state index < -0.39 is 21.5 Å². The molecule has 0 saturated carbocycles. The summed E-state index contributed by atoms with van der Waals surface area (Å²) in [6.07, 6.45) is 0.810. The molecule has 20 heavy (non-hydrogen) atoms. The van der Waals surface area contributed by atoms with Crippen LogP contribution in [0.1, 0.15) is 20.3 Å². The first-order valence-electron chi connectivity index (χ1n) is 6.27. The summed E-state index contributed by atoms with van der Waals surface area (Å²) >= 11 is 3.19. The second kappa shape index (κ2) is 7.08. The van der Waals surface area contributed by atoms with Crippen molar-refractivity contribution in [1.82, 2.24) is 5.32 Å². The van der Waals surface area contributed by atoms with Crippen LogP contribution in [0.2, 0.25) is 0 Å². The molecule has 7 heteroatoms.